The van der Waals surface area contributed by atoms with Crippen molar-refractivity contribution in [2.45, 2.75) is 26.7 Å². The zero-order valence-electron chi connectivity index (χ0n) is 10.5. The second-order valence-electron chi connectivity index (χ2n) is 4.25. The van der Waals surface area contributed by atoms with Gasteiger partial charge in [0, 0.05) is 23.8 Å². The molecule has 0 aliphatic carbocycles. The quantitative estimate of drug-likeness (QED) is 0.881. The first-order valence-electron chi connectivity index (χ1n) is 5.93. The number of aryl methyl sites for hydroxylation is 2. The summed E-state index contributed by atoms with van der Waals surface area (Å²) in [5, 5.41) is 5.09. The zero-order valence-corrected chi connectivity index (χ0v) is 11.2. The fourth-order valence-electron chi connectivity index (χ4n) is 2.11. The number of fused-ring (bicyclic) bond motifs is 1. The van der Waals surface area contributed by atoms with Crippen LogP contribution >= 0.6 is 11.6 Å². The Morgan fingerprint density at radius 2 is 2.12 bits per heavy atom. The van der Waals surface area contributed by atoms with Gasteiger partial charge in [0.15, 0.2) is 0 Å². The van der Waals surface area contributed by atoms with E-state index in [1.165, 1.54) is 5.56 Å². The summed E-state index contributed by atoms with van der Waals surface area (Å²) in [4.78, 5) is 4.66. The van der Waals surface area contributed by atoms with Crippen LogP contribution in [0.3, 0.4) is 0 Å². The van der Waals surface area contributed by atoms with E-state index in [2.05, 4.69) is 30.2 Å². The minimum atomic E-state index is 0.722. The molecule has 1 aromatic heterocycles. The molecule has 0 saturated carbocycles. The molecule has 1 N–H and O–H groups in total. The summed E-state index contributed by atoms with van der Waals surface area (Å²) in [5.41, 5.74) is 4.31. The van der Waals surface area contributed by atoms with Crippen molar-refractivity contribution >= 4 is 28.2 Å². The van der Waals surface area contributed by atoms with E-state index >= 15 is 0 Å². The van der Waals surface area contributed by atoms with Crippen LogP contribution in [0.25, 0.3) is 10.9 Å². The van der Waals surface area contributed by atoms with E-state index in [4.69, 9.17) is 11.6 Å². The van der Waals surface area contributed by atoms with E-state index in [0.717, 1.165) is 40.1 Å². The number of rotatable bonds is 3. The molecule has 3 heteroatoms. The molecule has 0 amide bonds. The lowest BCUT2D eigenvalue weighted by atomic mass is 10.1. The molecule has 0 fully saturated rings. The Balaban J connectivity index is 2.77. The Labute approximate surface area is 107 Å². The Bertz CT molecular complexity index is 549. The molecule has 1 heterocycles. The molecule has 1 aromatic carbocycles. The monoisotopic (exact) mass is 248 g/mol. The van der Waals surface area contributed by atoms with Crippen molar-refractivity contribution < 1.29 is 0 Å². The van der Waals surface area contributed by atoms with Gasteiger partial charge < -0.3 is 5.32 Å². The van der Waals surface area contributed by atoms with Gasteiger partial charge in [0.2, 0.25) is 0 Å². The molecule has 2 aromatic rings. The third-order valence-corrected chi connectivity index (χ3v) is 3.25. The average molecular weight is 249 g/mol. The molecule has 90 valence electrons. The second-order valence-corrected chi connectivity index (χ2v) is 4.66. The molecule has 2 rings (SSSR count). The van der Waals surface area contributed by atoms with Gasteiger partial charge in [0.25, 0.3) is 0 Å². The van der Waals surface area contributed by atoms with E-state index in [-0.39, 0.29) is 0 Å². The first-order chi connectivity index (χ1) is 8.17. The fourth-order valence-corrected chi connectivity index (χ4v) is 2.31. The van der Waals surface area contributed by atoms with Crippen molar-refractivity contribution in [2.24, 2.45) is 0 Å². The van der Waals surface area contributed by atoms with Crippen LogP contribution in [0.4, 0.5) is 5.69 Å². The summed E-state index contributed by atoms with van der Waals surface area (Å²) in [6.45, 7) is 4.24. The van der Waals surface area contributed by atoms with Crippen LogP contribution < -0.4 is 5.32 Å². The molecule has 17 heavy (non-hydrogen) atoms. The normalized spacial score (nSPS) is 10.8. The highest BCUT2D eigenvalue weighted by Gasteiger charge is 2.09. The average Bonchev–Trinajstić information content (AvgIpc) is 2.33. The lowest BCUT2D eigenvalue weighted by Gasteiger charge is -2.12. The number of nitrogens with zero attached hydrogens (tertiary/aromatic N) is 1. The molecule has 0 bridgehead atoms. The van der Waals surface area contributed by atoms with Crippen molar-refractivity contribution in [3.8, 4) is 0 Å². The number of halogens is 1. The molecule has 0 saturated heterocycles. The lowest BCUT2D eigenvalue weighted by Crippen LogP contribution is -1.98. The molecule has 0 aliphatic heterocycles. The summed E-state index contributed by atoms with van der Waals surface area (Å²) in [5.74, 6) is 0. The van der Waals surface area contributed by atoms with Gasteiger partial charge in [-0.05, 0) is 31.0 Å². The highest BCUT2D eigenvalue weighted by molar-refractivity contribution is 6.35. The van der Waals surface area contributed by atoms with E-state index in [0.29, 0.717) is 0 Å². The number of anilines is 1. The maximum Gasteiger partial charge on any atom is 0.0914 e. The smallest absolute Gasteiger partial charge is 0.0914 e. The summed E-state index contributed by atoms with van der Waals surface area (Å²) >= 11 is 6.24. The SMILES string of the molecule is CCCc1cc(NC)c2c(C)ccc(Cl)c2n1. The molecule has 2 nitrogen and oxygen atoms in total. The molecule has 0 radical (unpaired) electrons. The lowest BCUT2D eigenvalue weighted by molar-refractivity contribution is 0.890. The summed E-state index contributed by atoms with van der Waals surface area (Å²) < 4.78 is 0. The second kappa shape index (κ2) is 4.92. The van der Waals surface area contributed by atoms with Crippen LogP contribution in [0.2, 0.25) is 5.02 Å². The largest absolute Gasteiger partial charge is 0.388 e. The van der Waals surface area contributed by atoms with Gasteiger partial charge in [-0.1, -0.05) is 31.0 Å². The van der Waals surface area contributed by atoms with Crippen molar-refractivity contribution in [3.63, 3.8) is 0 Å². The van der Waals surface area contributed by atoms with E-state index in [9.17, 15) is 0 Å². The molecular formula is C14H17ClN2. The van der Waals surface area contributed by atoms with E-state index in [1.807, 2.05) is 19.2 Å². The van der Waals surface area contributed by atoms with Crippen LogP contribution in [0.15, 0.2) is 18.2 Å². The van der Waals surface area contributed by atoms with Crippen molar-refractivity contribution in [1.29, 1.82) is 0 Å². The number of pyridine rings is 1. The Hall–Kier alpha value is -1.28. The maximum atomic E-state index is 6.24. The van der Waals surface area contributed by atoms with Gasteiger partial charge >= 0.3 is 0 Å². The van der Waals surface area contributed by atoms with Gasteiger partial charge in [-0.25, -0.2) is 0 Å². The van der Waals surface area contributed by atoms with Gasteiger partial charge in [-0.2, -0.15) is 0 Å². The van der Waals surface area contributed by atoms with E-state index in [1.54, 1.807) is 0 Å². The standard InChI is InChI=1S/C14H17ClN2/c1-4-5-10-8-12(16-3)13-9(2)6-7-11(15)14(13)17-10/h6-8H,4-5H2,1-3H3,(H,16,17). The Morgan fingerprint density at radius 1 is 1.35 bits per heavy atom. The molecular weight excluding hydrogens is 232 g/mol. The molecule has 0 unspecified atom stereocenters. The van der Waals surface area contributed by atoms with Gasteiger partial charge in [0.1, 0.15) is 0 Å². The van der Waals surface area contributed by atoms with Crippen LogP contribution in [-0.4, -0.2) is 12.0 Å². The minimum absolute atomic E-state index is 0.722. The minimum Gasteiger partial charge on any atom is -0.388 e. The van der Waals surface area contributed by atoms with Crippen LogP contribution in [0, 0.1) is 6.92 Å². The first-order valence-corrected chi connectivity index (χ1v) is 6.31. The fraction of sp³-hybridized carbons (Fsp3) is 0.357. The first kappa shape index (κ1) is 12.2. The zero-order chi connectivity index (χ0) is 12.4. The summed E-state index contributed by atoms with van der Waals surface area (Å²) in [7, 11) is 1.94. The van der Waals surface area contributed by atoms with Gasteiger partial charge in [-0.15, -0.1) is 0 Å². The third-order valence-electron chi connectivity index (χ3n) is 2.95. The number of benzene rings is 1. The number of nitrogens with one attached hydrogen (secondary N) is 1. The van der Waals surface area contributed by atoms with Gasteiger partial charge in [-0.3, -0.25) is 4.98 Å². The van der Waals surface area contributed by atoms with Crippen LogP contribution in [0.1, 0.15) is 24.6 Å². The van der Waals surface area contributed by atoms with E-state index < -0.39 is 0 Å². The van der Waals surface area contributed by atoms with Gasteiger partial charge in [0.05, 0.1) is 10.5 Å². The molecule has 0 atom stereocenters. The molecule has 0 aliphatic rings. The summed E-state index contributed by atoms with van der Waals surface area (Å²) in [6, 6.07) is 6.07. The van der Waals surface area contributed by atoms with Crippen LogP contribution in [0.5, 0.6) is 0 Å². The molecule has 0 spiro atoms. The Morgan fingerprint density at radius 3 is 2.76 bits per heavy atom. The highest BCUT2D eigenvalue weighted by Crippen LogP contribution is 2.31. The van der Waals surface area contributed by atoms with Crippen LogP contribution in [-0.2, 0) is 6.42 Å². The summed E-state index contributed by atoms with van der Waals surface area (Å²) in [6.07, 6.45) is 2.07. The number of hydrogen-bond acceptors (Lipinski definition) is 2. The van der Waals surface area contributed by atoms with Crippen molar-refractivity contribution in [3.05, 3.63) is 34.5 Å². The predicted molar refractivity (Wildman–Crippen MR) is 75.0 cm³/mol. The topological polar surface area (TPSA) is 24.9 Å². The predicted octanol–water partition coefficient (Wildman–Crippen LogP) is 4.19. The number of hydrogen-bond donors (Lipinski definition) is 1. The van der Waals surface area contributed by atoms with Crippen molar-refractivity contribution in [2.75, 3.05) is 12.4 Å². The maximum absolute atomic E-state index is 6.24. The number of aromatic nitrogens is 1. The third kappa shape index (κ3) is 2.22. The van der Waals surface area contributed by atoms with Crippen molar-refractivity contribution in [1.82, 2.24) is 4.98 Å². The Kier molecular flexibility index (Phi) is 3.53. The highest BCUT2D eigenvalue weighted by atomic mass is 35.5.